The van der Waals surface area contributed by atoms with Crippen molar-refractivity contribution in [1.29, 1.82) is 0 Å². The highest BCUT2D eigenvalue weighted by molar-refractivity contribution is 6.05. The second-order valence-corrected chi connectivity index (χ2v) is 9.22. The van der Waals surface area contributed by atoms with Gasteiger partial charge in [-0.25, -0.2) is 4.39 Å². The van der Waals surface area contributed by atoms with E-state index < -0.39 is 5.82 Å². The van der Waals surface area contributed by atoms with E-state index in [1.54, 1.807) is 6.07 Å². The molecule has 5 rings (SSSR count). The van der Waals surface area contributed by atoms with Gasteiger partial charge in [-0.3, -0.25) is 19.3 Å². The molecule has 2 aliphatic heterocycles. The molecule has 0 bridgehead atoms. The van der Waals surface area contributed by atoms with Crippen LogP contribution in [0.2, 0.25) is 0 Å². The second kappa shape index (κ2) is 9.03. The number of nitrogens with one attached hydrogen (secondary N) is 1. The highest BCUT2D eigenvalue weighted by Gasteiger charge is 2.47. The van der Waals surface area contributed by atoms with E-state index in [2.05, 4.69) is 15.5 Å². The van der Waals surface area contributed by atoms with Gasteiger partial charge in [-0.2, -0.15) is 0 Å². The fraction of sp³-hybridized carbons (Fsp3) is 0.542. The summed E-state index contributed by atoms with van der Waals surface area (Å²) in [5.41, 5.74) is 0.734. The lowest BCUT2D eigenvalue weighted by Crippen LogP contribution is -2.34. The molecule has 1 saturated heterocycles. The third kappa shape index (κ3) is 4.16. The number of nitrogens with zero attached hydrogens (tertiary/aromatic N) is 4. The molecule has 0 radical (unpaired) electrons. The fourth-order valence-electron chi connectivity index (χ4n) is 5.35. The number of rotatable bonds is 5. The van der Waals surface area contributed by atoms with Gasteiger partial charge in [-0.15, -0.1) is 10.2 Å². The molecule has 9 heteroatoms. The highest BCUT2D eigenvalue weighted by Crippen LogP contribution is 2.38. The maximum atomic E-state index is 14.7. The third-order valence-corrected chi connectivity index (χ3v) is 7.10. The summed E-state index contributed by atoms with van der Waals surface area (Å²) < 4.78 is 16.6. The van der Waals surface area contributed by atoms with E-state index in [4.69, 9.17) is 0 Å². The zero-order valence-corrected chi connectivity index (χ0v) is 18.6. The molecule has 3 amide bonds. The topological polar surface area (TPSA) is 97.2 Å². The molecular weight excluding hydrogens is 425 g/mol. The number of aromatic nitrogens is 3. The number of hydrogen-bond donors (Lipinski definition) is 1. The molecule has 0 spiro atoms. The Labute approximate surface area is 191 Å². The van der Waals surface area contributed by atoms with E-state index in [1.807, 2.05) is 4.57 Å². The average molecular weight is 454 g/mol. The summed E-state index contributed by atoms with van der Waals surface area (Å²) in [4.78, 5) is 39.0. The van der Waals surface area contributed by atoms with Crippen LogP contribution in [-0.2, 0) is 27.3 Å². The van der Waals surface area contributed by atoms with Crippen LogP contribution in [0.15, 0.2) is 18.2 Å². The first kappa shape index (κ1) is 21.7. The molecule has 3 heterocycles. The SMILES string of the molecule is O=C(CCN1C(=O)[C@H]2CCCC[C@H]2C1=O)Nc1ccc(F)c(-c2nnc3n2CCCCC3)c1. The number of fused-ring (bicyclic) bond motifs is 2. The normalized spacial score (nSPS) is 22.6. The zero-order valence-electron chi connectivity index (χ0n) is 18.6. The van der Waals surface area contributed by atoms with Gasteiger partial charge in [0.1, 0.15) is 11.6 Å². The summed E-state index contributed by atoms with van der Waals surface area (Å²) in [7, 11) is 0. The first-order valence-electron chi connectivity index (χ1n) is 11.9. The number of halogens is 1. The molecule has 2 fully saturated rings. The maximum Gasteiger partial charge on any atom is 0.233 e. The lowest BCUT2D eigenvalue weighted by Gasteiger charge is -2.19. The number of benzene rings is 1. The van der Waals surface area contributed by atoms with Crippen LogP contribution in [0.4, 0.5) is 10.1 Å². The van der Waals surface area contributed by atoms with Crippen molar-refractivity contribution >= 4 is 23.4 Å². The number of carbonyl (C=O) groups is 3. The van der Waals surface area contributed by atoms with Gasteiger partial charge in [0.2, 0.25) is 17.7 Å². The van der Waals surface area contributed by atoms with E-state index in [-0.39, 0.29) is 42.5 Å². The molecule has 1 saturated carbocycles. The first-order valence-corrected chi connectivity index (χ1v) is 11.9. The van der Waals surface area contributed by atoms with Crippen molar-refractivity contribution in [3.05, 3.63) is 29.8 Å². The summed E-state index contributed by atoms with van der Waals surface area (Å²) >= 11 is 0. The van der Waals surface area contributed by atoms with E-state index in [9.17, 15) is 18.8 Å². The molecular formula is C24H28FN5O3. The second-order valence-electron chi connectivity index (χ2n) is 9.22. The highest BCUT2D eigenvalue weighted by atomic mass is 19.1. The minimum Gasteiger partial charge on any atom is -0.326 e. The van der Waals surface area contributed by atoms with E-state index >= 15 is 0 Å². The number of likely N-dealkylation sites (tertiary alicyclic amines) is 1. The number of amides is 3. The molecule has 1 aromatic heterocycles. The largest absolute Gasteiger partial charge is 0.326 e. The van der Waals surface area contributed by atoms with Gasteiger partial charge in [-0.1, -0.05) is 19.3 Å². The number of imide groups is 1. The Morgan fingerprint density at radius 1 is 1.03 bits per heavy atom. The van der Waals surface area contributed by atoms with Gasteiger partial charge >= 0.3 is 0 Å². The third-order valence-electron chi connectivity index (χ3n) is 7.10. The molecule has 174 valence electrons. The lowest BCUT2D eigenvalue weighted by atomic mass is 9.81. The minimum atomic E-state index is -0.427. The van der Waals surface area contributed by atoms with Crippen LogP contribution in [0.1, 0.15) is 57.2 Å². The summed E-state index contributed by atoms with van der Waals surface area (Å²) in [6, 6.07) is 4.37. The summed E-state index contributed by atoms with van der Waals surface area (Å²) in [5, 5.41) is 11.2. The average Bonchev–Trinajstić information content (AvgIpc) is 3.21. The Balaban J connectivity index is 1.26. The van der Waals surface area contributed by atoms with E-state index in [0.717, 1.165) is 63.7 Å². The van der Waals surface area contributed by atoms with Crippen LogP contribution in [0, 0.1) is 17.7 Å². The van der Waals surface area contributed by atoms with Gasteiger partial charge in [0.25, 0.3) is 0 Å². The van der Waals surface area contributed by atoms with Gasteiger partial charge < -0.3 is 9.88 Å². The summed E-state index contributed by atoms with van der Waals surface area (Å²) in [6.07, 6.45) is 7.40. The Kier molecular flexibility index (Phi) is 5.95. The Bertz CT molecular complexity index is 1070. The van der Waals surface area contributed by atoms with Crippen molar-refractivity contribution in [2.24, 2.45) is 11.8 Å². The molecule has 0 unspecified atom stereocenters. The molecule has 3 aliphatic rings. The van der Waals surface area contributed by atoms with Crippen molar-refractivity contribution in [2.45, 2.75) is 64.3 Å². The van der Waals surface area contributed by atoms with Crippen molar-refractivity contribution in [3.63, 3.8) is 0 Å². The van der Waals surface area contributed by atoms with Gasteiger partial charge in [0.05, 0.1) is 17.4 Å². The molecule has 8 nitrogen and oxygen atoms in total. The molecule has 1 N–H and O–H groups in total. The maximum absolute atomic E-state index is 14.7. The quantitative estimate of drug-likeness (QED) is 0.701. The molecule has 2 aromatic rings. The van der Waals surface area contributed by atoms with Crippen LogP contribution in [0.5, 0.6) is 0 Å². The molecule has 1 aromatic carbocycles. The standard InChI is InChI=1S/C24H28FN5O3/c25-19-10-9-15(14-18(19)22-28-27-20-8-2-1-5-12-29(20)22)26-21(31)11-13-30-23(32)16-6-3-4-7-17(16)24(30)33/h9-10,14,16-17H,1-8,11-13H2,(H,26,31)/t16-,17+. The van der Waals surface area contributed by atoms with Crippen molar-refractivity contribution in [1.82, 2.24) is 19.7 Å². The molecule has 33 heavy (non-hydrogen) atoms. The van der Waals surface area contributed by atoms with Crippen molar-refractivity contribution < 1.29 is 18.8 Å². The van der Waals surface area contributed by atoms with Crippen molar-refractivity contribution in [3.8, 4) is 11.4 Å². The Hall–Kier alpha value is -3.10. The minimum absolute atomic E-state index is 0.00393. The van der Waals surface area contributed by atoms with Gasteiger partial charge in [-0.05, 0) is 43.9 Å². The summed E-state index contributed by atoms with van der Waals surface area (Å²) in [5.74, 6) is -0.151. The fourth-order valence-corrected chi connectivity index (χ4v) is 5.35. The number of aryl methyl sites for hydroxylation is 1. The lowest BCUT2D eigenvalue weighted by molar-refractivity contribution is -0.140. The van der Waals surface area contributed by atoms with Crippen molar-refractivity contribution in [2.75, 3.05) is 11.9 Å². The first-order chi connectivity index (χ1) is 16.0. The molecule has 2 atom stereocenters. The van der Waals surface area contributed by atoms with Gasteiger partial charge in [0.15, 0.2) is 5.82 Å². The summed E-state index contributed by atoms with van der Waals surface area (Å²) in [6.45, 7) is 0.815. The van der Waals surface area contributed by atoms with Crippen LogP contribution >= 0.6 is 0 Å². The number of carbonyl (C=O) groups excluding carboxylic acids is 3. The van der Waals surface area contributed by atoms with E-state index in [0.29, 0.717) is 17.1 Å². The Morgan fingerprint density at radius 3 is 2.55 bits per heavy atom. The predicted octanol–water partition coefficient (Wildman–Crippen LogP) is 3.31. The molecule has 1 aliphatic carbocycles. The van der Waals surface area contributed by atoms with Crippen LogP contribution < -0.4 is 5.32 Å². The number of anilines is 1. The smallest absolute Gasteiger partial charge is 0.233 e. The van der Waals surface area contributed by atoms with Crippen LogP contribution in [-0.4, -0.2) is 43.9 Å². The van der Waals surface area contributed by atoms with Gasteiger partial charge in [0, 0.05) is 31.6 Å². The van der Waals surface area contributed by atoms with Crippen LogP contribution in [0.25, 0.3) is 11.4 Å². The van der Waals surface area contributed by atoms with Crippen LogP contribution in [0.3, 0.4) is 0 Å². The Morgan fingerprint density at radius 2 is 1.79 bits per heavy atom. The monoisotopic (exact) mass is 453 g/mol. The van der Waals surface area contributed by atoms with E-state index in [1.165, 1.54) is 17.0 Å². The predicted molar refractivity (Wildman–Crippen MR) is 118 cm³/mol. The zero-order chi connectivity index (χ0) is 22.9. The number of hydrogen-bond acceptors (Lipinski definition) is 5.